The largest absolute Gasteiger partial charge is 0.355 e. The van der Waals surface area contributed by atoms with E-state index in [1.165, 1.54) is 6.33 Å². The first-order valence-corrected chi connectivity index (χ1v) is 6.70. The molecule has 2 aromatic rings. The van der Waals surface area contributed by atoms with Crippen LogP contribution in [0.15, 0.2) is 35.1 Å². The lowest BCUT2D eigenvalue weighted by Gasteiger charge is -2.19. The summed E-state index contributed by atoms with van der Waals surface area (Å²) in [6.07, 6.45) is 2.02. The van der Waals surface area contributed by atoms with Gasteiger partial charge in [-0.15, -0.1) is 0 Å². The molecule has 0 N–H and O–H groups in total. The number of rotatable bonds is 4. The van der Waals surface area contributed by atoms with E-state index in [4.69, 9.17) is 11.6 Å². The van der Waals surface area contributed by atoms with E-state index in [-0.39, 0.29) is 5.15 Å². The third-order valence-electron chi connectivity index (χ3n) is 2.60. The van der Waals surface area contributed by atoms with E-state index < -0.39 is 0 Å². The first kappa shape index (κ1) is 14.0. The second kappa shape index (κ2) is 6.12. The van der Waals surface area contributed by atoms with E-state index in [1.54, 1.807) is 0 Å². The Morgan fingerprint density at radius 3 is 2.89 bits per heavy atom. The van der Waals surface area contributed by atoms with E-state index >= 15 is 0 Å². The lowest BCUT2D eigenvalue weighted by Crippen LogP contribution is -2.19. The topological polar surface area (TPSA) is 46.1 Å². The summed E-state index contributed by atoms with van der Waals surface area (Å²) in [4.78, 5) is 20.8. The highest BCUT2D eigenvalue weighted by molar-refractivity contribution is 9.10. The quantitative estimate of drug-likeness (QED) is 0.632. The van der Waals surface area contributed by atoms with Crippen molar-refractivity contribution in [1.29, 1.82) is 0 Å². The van der Waals surface area contributed by atoms with Crippen LogP contribution in [-0.2, 0) is 6.54 Å². The highest BCUT2D eigenvalue weighted by atomic mass is 79.9. The summed E-state index contributed by atoms with van der Waals surface area (Å²) >= 11 is 9.31. The van der Waals surface area contributed by atoms with Crippen LogP contribution < -0.4 is 4.90 Å². The maximum absolute atomic E-state index is 11.1. The molecule has 19 heavy (non-hydrogen) atoms. The molecule has 0 fully saturated rings. The number of aldehydes is 1. The highest BCUT2D eigenvalue weighted by Gasteiger charge is 2.13. The molecule has 6 heteroatoms. The van der Waals surface area contributed by atoms with E-state index in [1.807, 2.05) is 36.2 Å². The number of nitrogens with zero attached hydrogens (tertiary/aromatic N) is 3. The fraction of sp³-hybridized carbons (Fsp3) is 0.154. The van der Waals surface area contributed by atoms with Crippen LogP contribution in [0, 0.1) is 0 Å². The molecule has 0 atom stereocenters. The van der Waals surface area contributed by atoms with Crippen LogP contribution in [0.3, 0.4) is 0 Å². The minimum absolute atomic E-state index is 0.168. The number of benzene rings is 1. The van der Waals surface area contributed by atoms with Gasteiger partial charge in [-0.2, -0.15) is 0 Å². The first-order chi connectivity index (χ1) is 9.11. The lowest BCUT2D eigenvalue weighted by molar-refractivity contribution is 0.112. The fourth-order valence-corrected chi connectivity index (χ4v) is 2.37. The Morgan fingerprint density at radius 2 is 2.21 bits per heavy atom. The number of carbonyl (C=O) groups excluding carboxylic acids is 1. The molecule has 1 aromatic carbocycles. The van der Waals surface area contributed by atoms with Crippen LogP contribution in [0.25, 0.3) is 0 Å². The van der Waals surface area contributed by atoms with Crippen LogP contribution in [0.5, 0.6) is 0 Å². The van der Waals surface area contributed by atoms with E-state index in [0.717, 1.165) is 10.0 Å². The molecule has 0 unspecified atom stereocenters. The average molecular weight is 341 g/mol. The Balaban J connectivity index is 2.27. The van der Waals surface area contributed by atoms with Gasteiger partial charge in [-0.1, -0.05) is 39.7 Å². The summed E-state index contributed by atoms with van der Waals surface area (Å²) in [6.45, 7) is 0.619. The van der Waals surface area contributed by atoms with Gasteiger partial charge >= 0.3 is 0 Å². The predicted octanol–water partition coefficient (Wildman–Crippen LogP) is 3.34. The Kier molecular flexibility index (Phi) is 4.50. The molecule has 0 amide bonds. The van der Waals surface area contributed by atoms with Crippen LogP contribution >= 0.6 is 27.5 Å². The molecule has 0 radical (unpaired) electrons. The van der Waals surface area contributed by atoms with Gasteiger partial charge in [-0.3, -0.25) is 4.79 Å². The van der Waals surface area contributed by atoms with Gasteiger partial charge in [0.1, 0.15) is 17.3 Å². The monoisotopic (exact) mass is 339 g/mol. The first-order valence-electron chi connectivity index (χ1n) is 5.53. The van der Waals surface area contributed by atoms with Crippen LogP contribution in [-0.4, -0.2) is 23.3 Å². The lowest BCUT2D eigenvalue weighted by atomic mass is 10.2. The smallest absolute Gasteiger partial charge is 0.156 e. The molecule has 0 bridgehead atoms. The van der Waals surface area contributed by atoms with Gasteiger partial charge in [-0.05, 0) is 17.7 Å². The van der Waals surface area contributed by atoms with Crippen molar-refractivity contribution in [3.63, 3.8) is 0 Å². The minimum atomic E-state index is 0.168. The Morgan fingerprint density at radius 1 is 1.42 bits per heavy atom. The molecule has 98 valence electrons. The van der Waals surface area contributed by atoms with E-state index in [2.05, 4.69) is 25.9 Å². The van der Waals surface area contributed by atoms with Crippen molar-refractivity contribution >= 4 is 39.6 Å². The zero-order chi connectivity index (χ0) is 13.8. The summed E-state index contributed by atoms with van der Waals surface area (Å²) in [5, 5.41) is 0.168. The van der Waals surface area contributed by atoms with Crippen molar-refractivity contribution in [1.82, 2.24) is 9.97 Å². The van der Waals surface area contributed by atoms with Crippen molar-refractivity contribution in [2.45, 2.75) is 6.54 Å². The average Bonchev–Trinajstić information content (AvgIpc) is 2.38. The molecule has 1 heterocycles. The van der Waals surface area contributed by atoms with Crippen molar-refractivity contribution < 1.29 is 4.79 Å². The fourth-order valence-electron chi connectivity index (χ4n) is 1.76. The molecule has 0 aliphatic rings. The summed E-state index contributed by atoms with van der Waals surface area (Å²) in [5.41, 5.74) is 1.41. The van der Waals surface area contributed by atoms with Gasteiger partial charge in [-0.25, -0.2) is 9.97 Å². The molecule has 0 saturated carbocycles. The molecule has 1 aromatic heterocycles. The third kappa shape index (κ3) is 3.30. The maximum Gasteiger partial charge on any atom is 0.156 e. The number of hydrogen-bond acceptors (Lipinski definition) is 4. The molecular formula is C13H11BrClN3O. The standard InChI is InChI=1S/C13H11BrClN3O/c1-18(6-9-3-2-4-10(14)5-9)13-11(7-19)12(15)16-8-17-13/h2-5,7-8H,6H2,1H3. The molecule has 0 aliphatic carbocycles. The number of carbonyl (C=O) groups is 1. The molecule has 0 saturated heterocycles. The maximum atomic E-state index is 11.1. The van der Waals surface area contributed by atoms with Crippen molar-refractivity contribution in [2.75, 3.05) is 11.9 Å². The SMILES string of the molecule is CN(Cc1cccc(Br)c1)c1ncnc(Cl)c1C=O. The summed E-state index contributed by atoms with van der Waals surface area (Å²) in [6, 6.07) is 7.94. The zero-order valence-corrected chi connectivity index (χ0v) is 12.5. The molecule has 4 nitrogen and oxygen atoms in total. The summed E-state index contributed by atoms with van der Waals surface area (Å²) in [5.74, 6) is 0.523. The molecular weight excluding hydrogens is 330 g/mol. The highest BCUT2D eigenvalue weighted by Crippen LogP contribution is 2.22. The normalized spacial score (nSPS) is 10.3. The van der Waals surface area contributed by atoms with Gasteiger partial charge in [0.2, 0.25) is 0 Å². The number of anilines is 1. The van der Waals surface area contributed by atoms with Crippen molar-refractivity contribution in [2.24, 2.45) is 0 Å². The van der Waals surface area contributed by atoms with Gasteiger partial charge in [0.15, 0.2) is 6.29 Å². The number of aromatic nitrogens is 2. The molecule has 0 spiro atoms. The summed E-state index contributed by atoms with van der Waals surface area (Å²) in [7, 11) is 1.85. The summed E-state index contributed by atoms with van der Waals surface area (Å²) < 4.78 is 1.01. The molecule has 0 aliphatic heterocycles. The Bertz CT molecular complexity index is 606. The second-order valence-corrected chi connectivity index (χ2v) is 5.28. The van der Waals surface area contributed by atoms with Crippen LogP contribution in [0.4, 0.5) is 5.82 Å². The van der Waals surface area contributed by atoms with Gasteiger partial charge in [0, 0.05) is 18.1 Å². The molecule has 2 rings (SSSR count). The third-order valence-corrected chi connectivity index (χ3v) is 3.40. The Hall–Kier alpha value is -1.46. The number of halogens is 2. The van der Waals surface area contributed by atoms with Crippen molar-refractivity contribution in [3.8, 4) is 0 Å². The van der Waals surface area contributed by atoms with E-state index in [0.29, 0.717) is 24.2 Å². The predicted molar refractivity (Wildman–Crippen MR) is 78.7 cm³/mol. The van der Waals surface area contributed by atoms with Gasteiger partial charge in [0.25, 0.3) is 0 Å². The van der Waals surface area contributed by atoms with Gasteiger partial charge in [0.05, 0.1) is 5.56 Å². The minimum Gasteiger partial charge on any atom is -0.355 e. The van der Waals surface area contributed by atoms with Crippen LogP contribution in [0.1, 0.15) is 15.9 Å². The Labute approximate surface area is 124 Å². The van der Waals surface area contributed by atoms with Crippen LogP contribution in [0.2, 0.25) is 5.15 Å². The van der Waals surface area contributed by atoms with E-state index in [9.17, 15) is 4.79 Å². The number of hydrogen-bond donors (Lipinski definition) is 0. The van der Waals surface area contributed by atoms with Crippen molar-refractivity contribution in [3.05, 3.63) is 51.3 Å². The van der Waals surface area contributed by atoms with Gasteiger partial charge < -0.3 is 4.90 Å². The zero-order valence-electron chi connectivity index (χ0n) is 10.2. The second-order valence-electron chi connectivity index (χ2n) is 4.01.